The first-order chi connectivity index (χ1) is 8.99. The lowest BCUT2D eigenvalue weighted by Gasteiger charge is -2.41. The van der Waals surface area contributed by atoms with Crippen LogP contribution in [-0.2, 0) is 4.79 Å². The maximum Gasteiger partial charge on any atom is 0.317 e. The van der Waals surface area contributed by atoms with Crippen molar-refractivity contribution in [2.45, 2.75) is 19.9 Å². The van der Waals surface area contributed by atoms with Gasteiger partial charge in [0.1, 0.15) is 0 Å². The molecule has 2 N–H and O–H groups in total. The fourth-order valence-electron chi connectivity index (χ4n) is 2.08. The SMILES string of the molecule is CC(NC(=O)N1CC(C(C)C(=O)O)C1)c1cccs1. The molecule has 2 heterocycles. The topological polar surface area (TPSA) is 69.6 Å². The lowest BCUT2D eigenvalue weighted by molar-refractivity contribution is -0.144. The van der Waals surface area contributed by atoms with E-state index in [1.54, 1.807) is 23.2 Å². The van der Waals surface area contributed by atoms with Crippen molar-refractivity contribution in [3.05, 3.63) is 22.4 Å². The quantitative estimate of drug-likeness (QED) is 0.889. The number of urea groups is 1. The number of thiophene rings is 1. The van der Waals surface area contributed by atoms with E-state index in [0.717, 1.165) is 4.88 Å². The molecule has 1 fully saturated rings. The Hall–Kier alpha value is -1.56. The van der Waals surface area contributed by atoms with Gasteiger partial charge >= 0.3 is 12.0 Å². The van der Waals surface area contributed by atoms with Crippen LogP contribution in [0.2, 0.25) is 0 Å². The lowest BCUT2D eigenvalue weighted by atomic mass is 9.87. The van der Waals surface area contributed by atoms with Crippen LogP contribution in [0.25, 0.3) is 0 Å². The summed E-state index contributed by atoms with van der Waals surface area (Å²) in [4.78, 5) is 25.5. The molecular formula is C13H18N2O3S. The number of carbonyl (C=O) groups excluding carboxylic acids is 1. The number of likely N-dealkylation sites (tertiary alicyclic amines) is 1. The molecule has 2 unspecified atom stereocenters. The highest BCUT2D eigenvalue weighted by Crippen LogP contribution is 2.25. The van der Waals surface area contributed by atoms with Crippen molar-refractivity contribution in [1.82, 2.24) is 10.2 Å². The van der Waals surface area contributed by atoms with Crippen LogP contribution in [0.15, 0.2) is 17.5 Å². The molecule has 1 aromatic heterocycles. The van der Waals surface area contributed by atoms with Crippen LogP contribution >= 0.6 is 11.3 Å². The summed E-state index contributed by atoms with van der Waals surface area (Å²) in [5, 5.41) is 13.8. The maximum atomic E-state index is 11.9. The standard InChI is InChI=1S/C13H18N2O3S/c1-8(12(16)17)10-6-15(7-10)13(18)14-9(2)11-4-3-5-19-11/h3-5,8-10H,6-7H2,1-2H3,(H,14,18)(H,16,17). The van der Waals surface area contributed by atoms with E-state index in [-0.39, 0.29) is 18.0 Å². The Labute approximate surface area is 116 Å². The van der Waals surface area contributed by atoms with Gasteiger partial charge in [0.2, 0.25) is 0 Å². The third-order valence-electron chi connectivity index (χ3n) is 3.60. The smallest absolute Gasteiger partial charge is 0.317 e. The van der Waals surface area contributed by atoms with Gasteiger partial charge in [-0.15, -0.1) is 11.3 Å². The number of carbonyl (C=O) groups is 2. The van der Waals surface area contributed by atoms with Gasteiger partial charge in [-0.1, -0.05) is 13.0 Å². The van der Waals surface area contributed by atoms with Crippen molar-refractivity contribution in [2.75, 3.05) is 13.1 Å². The molecular weight excluding hydrogens is 264 g/mol. The van der Waals surface area contributed by atoms with E-state index in [1.807, 2.05) is 24.4 Å². The maximum absolute atomic E-state index is 11.9. The van der Waals surface area contributed by atoms with E-state index < -0.39 is 11.9 Å². The first kappa shape index (κ1) is 13.9. The minimum Gasteiger partial charge on any atom is -0.481 e. The molecule has 5 nitrogen and oxygen atoms in total. The zero-order chi connectivity index (χ0) is 14.0. The summed E-state index contributed by atoms with van der Waals surface area (Å²) in [6, 6.07) is 3.82. The summed E-state index contributed by atoms with van der Waals surface area (Å²) in [7, 11) is 0. The summed E-state index contributed by atoms with van der Waals surface area (Å²) in [6.45, 7) is 4.68. The van der Waals surface area contributed by atoms with E-state index in [9.17, 15) is 9.59 Å². The van der Waals surface area contributed by atoms with E-state index in [0.29, 0.717) is 13.1 Å². The lowest BCUT2D eigenvalue weighted by Crippen LogP contribution is -2.56. The van der Waals surface area contributed by atoms with Gasteiger partial charge < -0.3 is 15.3 Å². The number of aliphatic carboxylic acids is 1. The van der Waals surface area contributed by atoms with Crippen molar-refractivity contribution in [1.29, 1.82) is 0 Å². The van der Waals surface area contributed by atoms with Crippen molar-refractivity contribution in [2.24, 2.45) is 11.8 Å². The first-order valence-electron chi connectivity index (χ1n) is 6.30. The Kier molecular flexibility index (Phi) is 4.09. The average Bonchev–Trinajstić information content (AvgIpc) is 2.79. The van der Waals surface area contributed by atoms with Gasteiger partial charge in [0.15, 0.2) is 0 Å². The van der Waals surface area contributed by atoms with E-state index in [2.05, 4.69) is 5.32 Å². The summed E-state index contributed by atoms with van der Waals surface area (Å²) in [6.07, 6.45) is 0. The van der Waals surface area contributed by atoms with Gasteiger partial charge in [0, 0.05) is 23.9 Å². The van der Waals surface area contributed by atoms with E-state index >= 15 is 0 Å². The number of rotatable bonds is 4. The first-order valence-corrected chi connectivity index (χ1v) is 7.18. The molecule has 1 aliphatic heterocycles. The number of hydrogen-bond acceptors (Lipinski definition) is 3. The zero-order valence-electron chi connectivity index (χ0n) is 11.0. The molecule has 1 aliphatic rings. The number of nitrogens with one attached hydrogen (secondary N) is 1. The number of carboxylic acids is 1. The predicted molar refractivity (Wildman–Crippen MR) is 73.1 cm³/mol. The number of nitrogens with zero attached hydrogens (tertiary/aromatic N) is 1. The normalized spacial score (nSPS) is 18.5. The van der Waals surface area contributed by atoms with Crippen LogP contribution < -0.4 is 5.32 Å². The highest BCUT2D eigenvalue weighted by molar-refractivity contribution is 7.10. The van der Waals surface area contributed by atoms with Crippen molar-refractivity contribution >= 4 is 23.3 Å². The van der Waals surface area contributed by atoms with Crippen molar-refractivity contribution in [3.63, 3.8) is 0 Å². The largest absolute Gasteiger partial charge is 0.481 e. The second-order valence-corrected chi connectivity index (χ2v) is 5.96. The molecule has 6 heteroatoms. The minimum absolute atomic E-state index is 0.0107. The summed E-state index contributed by atoms with van der Waals surface area (Å²) >= 11 is 1.61. The van der Waals surface area contributed by atoms with Gasteiger partial charge in [-0.05, 0) is 18.4 Å². The molecule has 19 heavy (non-hydrogen) atoms. The molecule has 0 bridgehead atoms. The second kappa shape index (κ2) is 5.61. The highest BCUT2D eigenvalue weighted by atomic mass is 32.1. The Morgan fingerprint density at radius 1 is 1.47 bits per heavy atom. The Morgan fingerprint density at radius 3 is 2.68 bits per heavy atom. The van der Waals surface area contributed by atoms with Crippen LogP contribution in [0, 0.1) is 11.8 Å². The monoisotopic (exact) mass is 282 g/mol. The fourth-order valence-corrected chi connectivity index (χ4v) is 2.82. The molecule has 2 atom stereocenters. The highest BCUT2D eigenvalue weighted by Gasteiger charge is 2.37. The van der Waals surface area contributed by atoms with Gasteiger partial charge in [0.05, 0.1) is 12.0 Å². The molecule has 104 valence electrons. The minimum atomic E-state index is -0.794. The molecule has 0 aliphatic carbocycles. The van der Waals surface area contributed by atoms with Gasteiger partial charge in [0.25, 0.3) is 0 Å². The number of amides is 2. The van der Waals surface area contributed by atoms with Gasteiger partial charge in [-0.2, -0.15) is 0 Å². The summed E-state index contributed by atoms with van der Waals surface area (Å²) in [5.41, 5.74) is 0. The zero-order valence-corrected chi connectivity index (χ0v) is 11.8. The third kappa shape index (κ3) is 3.07. The third-order valence-corrected chi connectivity index (χ3v) is 4.66. The van der Waals surface area contributed by atoms with Crippen LogP contribution in [0.5, 0.6) is 0 Å². The Balaban J connectivity index is 1.79. The number of hydrogen-bond donors (Lipinski definition) is 2. The molecule has 1 saturated heterocycles. The van der Waals surface area contributed by atoms with Crippen molar-refractivity contribution < 1.29 is 14.7 Å². The van der Waals surface area contributed by atoms with Crippen LogP contribution in [0.1, 0.15) is 24.8 Å². The van der Waals surface area contributed by atoms with Crippen LogP contribution in [0.4, 0.5) is 4.79 Å². The molecule has 1 aromatic rings. The molecule has 0 radical (unpaired) electrons. The molecule has 0 aromatic carbocycles. The average molecular weight is 282 g/mol. The Bertz CT molecular complexity index is 454. The summed E-state index contributed by atoms with van der Waals surface area (Å²) < 4.78 is 0. The van der Waals surface area contributed by atoms with E-state index in [4.69, 9.17) is 5.11 Å². The fraction of sp³-hybridized carbons (Fsp3) is 0.538. The van der Waals surface area contributed by atoms with Crippen LogP contribution in [-0.4, -0.2) is 35.1 Å². The summed E-state index contributed by atoms with van der Waals surface area (Å²) in [5.74, 6) is -1.11. The molecule has 0 spiro atoms. The van der Waals surface area contributed by atoms with E-state index in [1.165, 1.54) is 0 Å². The Morgan fingerprint density at radius 2 is 2.16 bits per heavy atom. The molecule has 2 rings (SSSR count). The molecule has 2 amide bonds. The second-order valence-electron chi connectivity index (χ2n) is 4.98. The van der Waals surface area contributed by atoms with Gasteiger partial charge in [-0.25, -0.2) is 4.79 Å². The van der Waals surface area contributed by atoms with Crippen molar-refractivity contribution in [3.8, 4) is 0 Å². The van der Waals surface area contributed by atoms with Gasteiger partial charge in [-0.3, -0.25) is 4.79 Å². The molecule has 0 saturated carbocycles. The number of carboxylic acid groups (broad SMARTS) is 1. The predicted octanol–water partition coefficient (Wildman–Crippen LogP) is 2.17. The van der Waals surface area contributed by atoms with Crippen LogP contribution in [0.3, 0.4) is 0 Å².